The summed E-state index contributed by atoms with van der Waals surface area (Å²) in [5, 5.41) is 9.69. The summed E-state index contributed by atoms with van der Waals surface area (Å²) in [6, 6.07) is 3.33. The van der Waals surface area contributed by atoms with Crippen LogP contribution < -0.4 is 0 Å². The second-order valence-corrected chi connectivity index (χ2v) is 8.40. The number of nitrogens with zero attached hydrogens (tertiary/aromatic N) is 3. The van der Waals surface area contributed by atoms with Gasteiger partial charge in [-0.25, -0.2) is 8.42 Å². The molecular formula is C13H17N3O4S2. The van der Waals surface area contributed by atoms with Crippen LogP contribution in [0.1, 0.15) is 37.7 Å². The molecule has 120 valence electrons. The Kier molecular flexibility index (Phi) is 4.31. The van der Waals surface area contributed by atoms with Crippen LogP contribution in [-0.2, 0) is 14.8 Å². The molecule has 1 aliphatic rings. The summed E-state index contributed by atoms with van der Waals surface area (Å²) < 4.78 is 38.0. The van der Waals surface area contributed by atoms with E-state index in [2.05, 4.69) is 10.2 Å². The Morgan fingerprint density at radius 1 is 1.41 bits per heavy atom. The minimum absolute atomic E-state index is 0.121. The smallest absolute Gasteiger partial charge is 0.252 e. The van der Waals surface area contributed by atoms with Crippen LogP contribution in [0.25, 0.3) is 0 Å². The Morgan fingerprint density at radius 3 is 2.86 bits per heavy atom. The molecule has 0 N–H and O–H groups in total. The number of thiophene rings is 1. The maximum Gasteiger partial charge on any atom is 0.252 e. The van der Waals surface area contributed by atoms with Gasteiger partial charge in [0.05, 0.1) is 6.61 Å². The number of aromatic nitrogens is 2. The van der Waals surface area contributed by atoms with E-state index in [4.69, 9.17) is 9.15 Å². The second-order valence-electron chi connectivity index (χ2n) is 5.29. The Labute approximate surface area is 133 Å². The van der Waals surface area contributed by atoms with E-state index in [0.717, 1.165) is 0 Å². The maximum absolute atomic E-state index is 12.6. The first-order valence-electron chi connectivity index (χ1n) is 6.97. The van der Waals surface area contributed by atoms with E-state index < -0.39 is 16.1 Å². The minimum Gasteiger partial charge on any atom is -0.422 e. The monoisotopic (exact) mass is 343 g/mol. The summed E-state index contributed by atoms with van der Waals surface area (Å²) in [4.78, 5) is 0. The number of ether oxygens (including phenoxy) is 1. The van der Waals surface area contributed by atoms with E-state index in [1.165, 1.54) is 15.6 Å². The average molecular weight is 343 g/mol. The Bertz CT molecular complexity index is 724. The first kappa shape index (κ1) is 15.6. The molecule has 0 aromatic carbocycles. The summed E-state index contributed by atoms with van der Waals surface area (Å²) in [6.45, 7) is 4.70. The lowest BCUT2D eigenvalue weighted by Gasteiger charge is -2.29. The molecule has 2 aromatic heterocycles. The van der Waals surface area contributed by atoms with Crippen molar-refractivity contribution in [3.63, 3.8) is 0 Å². The third-order valence-corrected chi connectivity index (χ3v) is 6.58. The van der Waals surface area contributed by atoms with Gasteiger partial charge in [-0.1, -0.05) is 19.9 Å². The SMILES string of the molecule is CC(C)c1nnc([C@H]2CN(S(=O)(=O)c3cccs3)CCO2)o1. The van der Waals surface area contributed by atoms with Gasteiger partial charge in [0, 0.05) is 19.0 Å². The molecule has 3 heterocycles. The van der Waals surface area contributed by atoms with Crippen molar-refractivity contribution in [1.29, 1.82) is 0 Å². The summed E-state index contributed by atoms with van der Waals surface area (Å²) in [7, 11) is -3.49. The number of sulfonamides is 1. The highest BCUT2D eigenvalue weighted by Crippen LogP contribution is 2.28. The van der Waals surface area contributed by atoms with Gasteiger partial charge < -0.3 is 9.15 Å². The van der Waals surface area contributed by atoms with Gasteiger partial charge in [-0.15, -0.1) is 21.5 Å². The van der Waals surface area contributed by atoms with E-state index in [9.17, 15) is 8.42 Å². The topological polar surface area (TPSA) is 85.5 Å². The molecule has 0 amide bonds. The predicted octanol–water partition coefficient (Wildman–Crippen LogP) is 2.02. The van der Waals surface area contributed by atoms with Crippen LogP contribution >= 0.6 is 11.3 Å². The van der Waals surface area contributed by atoms with Gasteiger partial charge in [-0.2, -0.15) is 4.31 Å². The molecule has 7 nitrogen and oxygen atoms in total. The van der Waals surface area contributed by atoms with Crippen molar-refractivity contribution >= 4 is 21.4 Å². The first-order valence-corrected chi connectivity index (χ1v) is 9.29. The molecule has 22 heavy (non-hydrogen) atoms. The molecule has 3 rings (SSSR count). The highest BCUT2D eigenvalue weighted by atomic mass is 32.2. The minimum atomic E-state index is -3.49. The Hall–Kier alpha value is -1.29. The van der Waals surface area contributed by atoms with Crippen molar-refractivity contribution in [2.45, 2.75) is 30.1 Å². The van der Waals surface area contributed by atoms with Gasteiger partial charge in [-0.05, 0) is 11.4 Å². The zero-order chi connectivity index (χ0) is 15.7. The molecule has 0 aliphatic carbocycles. The van der Waals surface area contributed by atoms with E-state index in [1.807, 2.05) is 13.8 Å². The predicted molar refractivity (Wildman–Crippen MR) is 80.2 cm³/mol. The van der Waals surface area contributed by atoms with Crippen molar-refractivity contribution in [2.75, 3.05) is 19.7 Å². The van der Waals surface area contributed by atoms with Crippen molar-refractivity contribution in [1.82, 2.24) is 14.5 Å². The Morgan fingerprint density at radius 2 is 2.23 bits per heavy atom. The molecule has 1 aliphatic heterocycles. The molecule has 0 spiro atoms. The molecule has 0 radical (unpaired) electrons. The Balaban J connectivity index is 1.79. The van der Waals surface area contributed by atoms with E-state index in [1.54, 1.807) is 17.5 Å². The number of hydrogen-bond acceptors (Lipinski definition) is 7. The number of rotatable bonds is 4. The molecular weight excluding hydrogens is 326 g/mol. The standard InChI is InChI=1S/C13H17N3O4S2/c1-9(2)12-14-15-13(20-12)10-8-16(5-6-19-10)22(17,18)11-4-3-7-21-11/h3-4,7,9-10H,5-6,8H2,1-2H3/t10-/m1/s1. The van der Waals surface area contributed by atoms with Gasteiger partial charge >= 0.3 is 0 Å². The second kappa shape index (κ2) is 6.07. The largest absolute Gasteiger partial charge is 0.422 e. The van der Waals surface area contributed by atoms with Crippen LogP contribution in [0.3, 0.4) is 0 Å². The van der Waals surface area contributed by atoms with Crippen molar-refractivity contribution in [2.24, 2.45) is 0 Å². The summed E-state index contributed by atoms with van der Waals surface area (Å²) in [5.74, 6) is 0.974. The zero-order valence-corrected chi connectivity index (χ0v) is 13.9. The average Bonchev–Trinajstić information content (AvgIpc) is 3.19. The lowest BCUT2D eigenvalue weighted by molar-refractivity contribution is -0.0178. The number of hydrogen-bond donors (Lipinski definition) is 0. The van der Waals surface area contributed by atoms with Crippen LogP contribution in [0.4, 0.5) is 0 Å². The highest BCUT2D eigenvalue weighted by molar-refractivity contribution is 7.91. The molecule has 1 fully saturated rings. The molecule has 1 saturated heterocycles. The van der Waals surface area contributed by atoms with E-state index >= 15 is 0 Å². The molecule has 0 saturated carbocycles. The lowest BCUT2D eigenvalue weighted by atomic mass is 10.2. The fourth-order valence-corrected chi connectivity index (χ4v) is 4.71. The number of morpholine rings is 1. The lowest BCUT2D eigenvalue weighted by Crippen LogP contribution is -2.42. The van der Waals surface area contributed by atoms with E-state index in [0.29, 0.717) is 29.1 Å². The zero-order valence-electron chi connectivity index (χ0n) is 12.3. The van der Waals surface area contributed by atoms with Crippen LogP contribution in [-0.4, -0.2) is 42.6 Å². The fourth-order valence-electron chi connectivity index (χ4n) is 2.14. The van der Waals surface area contributed by atoms with Gasteiger partial charge in [0.2, 0.25) is 11.8 Å². The van der Waals surface area contributed by atoms with Crippen molar-refractivity contribution in [3.8, 4) is 0 Å². The normalized spacial score (nSPS) is 20.6. The van der Waals surface area contributed by atoms with Crippen LogP contribution in [0.2, 0.25) is 0 Å². The van der Waals surface area contributed by atoms with Gasteiger partial charge in [-0.3, -0.25) is 0 Å². The third-order valence-electron chi connectivity index (χ3n) is 3.34. The van der Waals surface area contributed by atoms with Gasteiger partial charge in [0.25, 0.3) is 10.0 Å². The third kappa shape index (κ3) is 2.94. The van der Waals surface area contributed by atoms with Crippen LogP contribution in [0.15, 0.2) is 26.1 Å². The fraction of sp³-hybridized carbons (Fsp3) is 0.538. The van der Waals surface area contributed by atoms with Crippen molar-refractivity contribution in [3.05, 3.63) is 29.3 Å². The summed E-state index contributed by atoms with van der Waals surface area (Å²) in [6.07, 6.45) is -0.525. The molecule has 2 aromatic rings. The summed E-state index contributed by atoms with van der Waals surface area (Å²) >= 11 is 1.21. The summed E-state index contributed by atoms with van der Waals surface area (Å²) in [5.41, 5.74) is 0. The van der Waals surface area contributed by atoms with Crippen LogP contribution in [0, 0.1) is 0 Å². The van der Waals surface area contributed by atoms with Crippen molar-refractivity contribution < 1.29 is 17.6 Å². The quantitative estimate of drug-likeness (QED) is 0.844. The van der Waals surface area contributed by atoms with E-state index in [-0.39, 0.29) is 12.5 Å². The molecule has 9 heteroatoms. The molecule has 0 unspecified atom stereocenters. The molecule has 1 atom stereocenters. The maximum atomic E-state index is 12.6. The van der Waals surface area contributed by atoms with Gasteiger partial charge in [0.1, 0.15) is 10.3 Å². The molecule has 0 bridgehead atoms. The highest BCUT2D eigenvalue weighted by Gasteiger charge is 2.34. The first-order chi connectivity index (χ1) is 10.5. The van der Waals surface area contributed by atoms with Crippen LogP contribution in [0.5, 0.6) is 0 Å². The van der Waals surface area contributed by atoms with Gasteiger partial charge in [0.15, 0.2) is 0 Å².